The number of benzene rings is 2. The van der Waals surface area contributed by atoms with E-state index in [1.807, 2.05) is 12.1 Å². The molecule has 0 heterocycles. The topological polar surface area (TPSA) is 64.3 Å². The van der Waals surface area contributed by atoms with Crippen molar-refractivity contribution < 1.29 is 13.9 Å². The number of anilines is 2. The Morgan fingerprint density at radius 1 is 1.30 bits per heavy atom. The lowest BCUT2D eigenvalue weighted by Gasteiger charge is -2.09. The second-order valence-corrected chi connectivity index (χ2v) is 4.85. The molecule has 2 aromatic carbocycles. The molecule has 0 atom stereocenters. The Hall–Kier alpha value is -2.08. The SMILES string of the molecule is Nc1ccc(OCC(=O)Nc2ccccc2Br)cc1F. The van der Waals surface area contributed by atoms with Gasteiger partial charge < -0.3 is 15.8 Å². The maximum absolute atomic E-state index is 13.2. The summed E-state index contributed by atoms with van der Waals surface area (Å²) in [5.41, 5.74) is 6.03. The van der Waals surface area contributed by atoms with E-state index in [-0.39, 0.29) is 24.0 Å². The molecule has 2 rings (SSSR count). The summed E-state index contributed by atoms with van der Waals surface area (Å²) in [7, 11) is 0. The van der Waals surface area contributed by atoms with E-state index in [0.29, 0.717) is 5.69 Å². The number of nitrogen functional groups attached to an aromatic ring is 1. The number of carbonyl (C=O) groups excluding carboxylic acids is 1. The molecule has 6 heteroatoms. The zero-order valence-electron chi connectivity index (χ0n) is 10.4. The van der Waals surface area contributed by atoms with Crippen LogP contribution in [0.4, 0.5) is 15.8 Å². The summed E-state index contributed by atoms with van der Waals surface area (Å²) in [6.45, 7) is -0.218. The molecular formula is C14H12BrFN2O2. The van der Waals surface area contributed by atoms with E-state index in [2.05, 4.69) is 21.2 Å². The lowest BCUT2D eigenvalue weighted by Crippen LogP contribution is -2.20. The van der Waals surface area contributed by atoms with Crippen molar-refractivity contribution >= 4 is 33.2 Å². The van der Waals surface area contributed by atoms with E-state index in [0.717, 1.165) is 10.5 Å². The van der Waals surface area contributed by atoms with Gasteiger partial charge in [0.15, 0.2) is 6.61 Å². The van der Waals surface area contributed by atoms with Crippen LogP contribution in [0.3, 0.4) is 0 Å². The molecule has 0 radical (unpaired) electrons. The van der Waals surface area contributed by atoms with Crippen molar-refractivity contribution in [2.75, 3.05) is 17.7 Å². The fraction of sp³-hybridized carbons (Fsp3) is 0.0714. The van der Waals surface area contributed by atoms with Gasteiger partial charge in [0, 0.05) is 10.5 Å². The van der Waals surface area contributed by atoms with Gasteiger partial charge in [0.25, 0.3) is 5.91 Å². The Balaban J connectivity index is 1.92. The highest BCUT2D eigenvalue weighted by Crippen LogP contribution is 2.21. The number of hydrogen-bond donors (Lipinski definition) is 2. The van der Waals surface area contributed by atoms with E-state index in [1.54, 1.807) is 12.1 Å². The zero-order chi connectivity index (χ0) is 14.5. The van der Waals surface area contributed by atoms with Crippen LogP contribution < -0.4 is 15.8 Å². The third-order valence-electron chi connectivity index (χ3n) is 2.49. The Bertz CT molecular complexity index is 634. The first-order valence-electron chi connectivity index (χ1n) is 5.78. The average Bonchev–Trinajstić information content (AvgIpc) is 2.43. The van der Waals surface area contributed by atoms with Gasteiger partial charge in [-0.25, -0.2) is 4.39 Å². The van der Waals surface area contributed by atoms with Gasteiger partial charge >= 0.3 is 0 Å². The maximum Gasteiger partial charge on any atom is 0.262 e. The van der Waals surface area contributed by atoms with E-state index < -0.39 is 5.82 Å². The number of rotatable bonds is 4. The molecule has 0 saturated carbocycles. The minimum atomic E-state index is -0.575. The summed E-state index contributed by atoms with van der Waals surface area (Å²) in [4.78, 5) is 11.7. The Kier molecular flexibility index (Phi) is 4.57. The smallest absolute Gasteiger partial charge is 0.262 e. The Labute approximate surface area is 123 Å². The number of hydrogen-bond acceptors (Lipinski definition) is 3. The number of para-hydroxylation sites is 1. The largest absolute Gasteiger partial charge is 0.484 e. The Morgan fingerprint density at radius 3 is 2.75 bits per heavy atom. The zero-order valence-corrected chi connectivity index (χ0v) is 12.0. The van der Waals surface area contributed by atoms with Crippen molar-refractivity contribution in [1.82, 2.24) is 0 Å². The highest BCUT2D eigenvalue weighted by Gasteiger charge is 2.07. The van der Waals surface area contributed by atoms with Crippen LogP contribution in [-0.2, 0) is 4.79 Å². The van der Waals surface area contributed by atoms with Crippen LogP contribution in [0.1, 0.15) is 0 Å². The van der Waals surface area contributed by atoms with E-state index >= 15 is 0 Å². The molecule has 0 saturated heterocycles. The molecular weight excluding hydrogens is 327 g/mol. The van der Waals surface area contributed by atoms with Gasteiger partial charge in [0.05, 0.1) is 11.4 Å². The van der Waals surface area contributed by atoms with Crippen LogP contribution >= 0.6 is 15.9 Å². The van der Waals surface area contributed by atoms with Crippen LogP contribution in [0.25, 0.3) is 0 Å². The predicted octanol–water partition coefficient (Wildman–Crippen LogP) is 3.19. The normalized spacial score (nSPS) is 10.1. The summed E-state index contributed by atoms with van der Waals surface area (Å²) in [5.74, 6) is -0.665. The minimum Gasteiger partial charge on any atom is -0.484 e. The molecule has 4 nitrogen and oxygen atoms in total. The summed E-state index contributed by atoms with van der Waals surface area (Å²) in [5, 5.41) is 2.68. The molecule has 1 amide bonds. The molecule has 0 unspecified atom stereocenters. The van der Waals surface area contributed by atoms with Gasteiger partial charge in [-0.2, -0.15) is 0 Å². The van der Waals surface area contributed by atoms with Crippen LogP contribution in [0.15, 0.2) is 46.9 Å². The summed E-state index contributed by atoms with van der Waals surface area (Å²) in [6, 6.07) is 11.2. The van der Waals surface area contributed by atoms with Crippen molar-refractivity contribution in [3.63, 3.8) is 0 Å². The minimum absolute atomic E-state index is 0.0371. The van der Waals surface area contributed by atoms with Crippen molar-refractivity contribution in [1.29, 1.82) is 0 Å². The molecule has 0 aliphatic rings. The molecule has 0 spiro atoms. The standard InChI is InChI=1S/C14H12BrFN2O2/c15-10-3-1-2-4-13(10)18-14(19)8-20-9-5-6-12(17)11(16)7-9/h1-7H,8,17H2,(H,18,19). The number of ether oxygens (including phenoxy) is 1. The van der Waals surface area contributed by atoms with Gasteiger partial charge in [0.2, 0.25) is 0 Å². The number of carbonyl (C=O) groups is 1. The fourth-order valence-corrected chi connectivity index (χ4v) is 1.88. The molecule has 0 fully saturated rings. The van der Waals surface area contributed by atoms with Crippen LogP contribution in [0, 0.1) is 5.82 Å². The highest BCUT2D eigenvalue weighted by molar-refractivity contribution is 9.10. The summed E-state index contributed by atoms with van der Waals surface area (Å²) < 4.78 is 19.2. The van der Waals surface area contributed by atoms with Crippen molar-refractivity contribution in [2.45, 2.75) is 0 Å². The first kappa shape index (κ1) is 14.3. The van der Waals surface area contributed by atoms with Crippen molar-refractivity contribution in [3.8, 4) is 5.75 Å². The highest BCUT2D eigenvalue weighted by atomic mass is 79.9. The fourth-order valence-electron chi connectivity index (χ4n) is 1.50. The summed E-state index contributed by atoms with van der Waals surface area (Å²) >= 11 is 3.32. The second kappa shape index (κ2) is 6.38. The first-order valence-corrected chi connectivity index (χ1v) is 6.58. The van der Waals surface area contributed by atoms with Gasteiger partial charge in [-0.05, 0) is 40.2 Å². The molecule has 0 aliphatic heterocycles. The first-order chi connectivity index (χ1) is 9.56. The third-order valence-corrected chi connectivity index (χ3v) is 3.18. The molecule has 0 aromatic heterocycles. The van der Waals surface area contributed by atoms with E-state index in [9.17, 15) is 9.18 Å². The number of halogens is 2. The van der Waals surface area contributed by atoms with Crippen molar-refractivity contribution in [2.24, 2.45) is 0 Å². The van der Waals surface area contributed by atoms with Gasteiger partial charge in [-0.15, -0.1) is 0 Å². The molecule has 3 N–H and O–H groups in total. The predicted molar refractivity (Wildman–Crippen MR) is 79.1 cm³/mol. The molecule has 0 aliphatic carbocycles. The van der Waals surface area contributed by atoms with Crippen molar-refractivity contribution in [3.05, 3.63) is 52.8 Å². The van der Waals surface area contributed by atoms with Gasteiger partial charge in [0.1, 0.15) is 11.6 Å². The van der Waals surface area contributed by atoms with Gasteiger partial charge in [-0.1, -0.05) is 12.1 Å². The van der Waals surface area contributed by atoms with Crippen LogP contribution in [0.2, 0.25) is 0 Å². The monoisotopic (exact) mass is 338 g/mol. The van der Waals surface area contributed by atoms with Crippen LogP contribution in [0.5, 0.6) is 5.75 Å². The maximum atomic E-state index is 13.2. The lowest BCUT2D eigenvalue weighted by atomic mass is 10.3. The number of amides is 1. The Morgan fingerprint density at radius 2 is 2.05 bits per heavy atom. The number of nitrogens with two attached hydrogens (primary N) is 1. The quantitative estimate of drug-likeness (QED) is 0.841. The third kappa shape index (κ3) is 3.71. The van der Waals surface area contributed by atoms with E-state index in [4.69, 9.17) is 10.5 Å². The van der Waals surface area contributed by atoms with Gasteiger partial charge in [-0.3, -0.25) is 4.79 Å². The van der Waals surface area contributed by atoms with Crippen LogP contribution in [-0.4, -0.2) is 12.5 Å². The lowest BCUT2D eigenvalue weighted by molar-refractivity contribution is -0.118. The second-order valence-electron chi connectivity index (χ2n) is 4.00. The molecule has 0 bridgehead atoms. The average molecular weight is 339 g/mol. The molecule has 20 heavy (non-hydrogen) atoms. The number of nitrogens with one attached hydrogen (secondary N) is 1. The summed E-state index contributed by atoms with van der Waals surface area (Å²) in [6.07, 6.45) is 0. The van der Waals surface area contributed by atoms with E-state index in [1.165, 1.54) is 12.1 Å². The molecule has 2 aromatic rings. The molecule has 104 valence electrons.